The fraction of sp³-hybridized carbons (Fsp3) is 0.308. The Morgan fingerprint density at radius 2 is 1.85 bits per heavy atom. The van der Waals surface area contributed by atoms with E-state index < -0.39 is 6.03 Å². The van der Waals surface area contributed by atoms with Crippen LogP contribution in [0, 0.1) is 0 Å². The molecule has 40 heavy (non-hydrogen) atoms. The first-order chi connectivity index (χ1) is 19.2. The van der Waals surface area contributed by atoms with Crippen LogP contribution in [0.4, 0.5) is 33.5 Å². The third-order valence-electron chi connectivity index (χ3n) is 6.59. The quantitative estimate of drug-likeness (QED) is 0.435. The Morgan fingerprint density at radius 1 is 1.12 bits per heavy atom. The molecule has 3 aromatic rings. The average molecular weight is 588 g/mol. The largest absolute Gasteiger partial charge is 0.495 e. The molecule has 0 unspecified atom stereocenters. The summed E-state index contributed by atoms with van der Waals surface area (Å²) < 4.78 is 16.5. The number of benzene rings is 2. The van der Waals surface area contributed by atoms with Crippen molar-refractivity contribution in [3.8, 4) is 17.2 Å². The molecular formula is C26H27Cl2N7O5. The summed E-state index contributed by atoms with van der Waals surface area (Å²) in [6.45, 7) is 1.53. The summed E-state index contributed by atoms with van der Waals surface area (Å²) in [4.78, 5) is 39.3. The molecule has 2 aromatic carbocycles. The number of fused-ring (bicyclic) bond motifs is 3. The molecule has 1 aromatic heterocycles. The molecule has 3 heterocycles. The zero-order valence-corrected chi connectivity index (χ0v) is 23.7. The lowest BCUT2D eigenvalue weighted by molar-refractivity contribution is -0.122. The van der Waals surface area contributed by atoms with Gasteiger partial charge in [0, 0.05) is 37.5 Å². The number of halogens is 2. The van der Waals surface area contributed by atoms with E-state index in [2.05, 4.69) is 20.6 Å². The molecule has 3 amide bonds. The Balaban J connectivity index is 1.32. The minimum Gasteiger partial charge on any atom is -0.495 e. The fourth-order valence-electron chi connectivity index (χ4n) is 4.60. The molecule has 12 nitrogen and oxygen atoms in total. The van der Waals surface area contributed by atoms with Gasteiger partial charge in [-0.3, -0.25) is 14.6 Å². The van der Waals surface area contributed by atoms with Crippen LogP contribution in [-0.2, 0) is 4.79 Å². The minimum absolute atomic E-state index is 0.0218. The van der Waals surface area contributed by atoms with Crippen molar-refractivity contribution in [2.24, 2.45) is 0 Å². The molecule has 0 spiro atoms. The van der Waals surface area contributed by atoms with Crippen molar-refractivity contribution in [1.82, 2.24) is 14.9 Å². The summed E-state index contributed by atoms with van der Waals surface area (Å²) in [7, 11) is 6.35. The highest BCUT2D eigenvalue weighted by molar-refractivity contribution is 6.41. The number of carbonyl (C=O) groups is 2. The number of ether oxygens (including phenoxy) is 3. The van der Waals surface area contributed by atoms with E-state index in [0.717, 1.165) is 12.2 Å². The molecule has 0 aliphatic carbocycles. The van der Waals surface area contributed by atoms with Gasteiger partial charge in [0.1, 0.15) is 51.9 Å². The van der Waals surface area contributed by atoms with Gasteiger partial charge in [-0.05, 0) is 19.2 Å². The van der Waals surface area contributed by atoms with Crippen molar-refractivity contribution in [3.05, 3.63) is 46.7 Å². The summed E-state index contributed by atoms with van der Waals surface area (Å²) in [6.07, 6.45) is 1.33. The first-order valence-electron chi connectivity index (χ1n) is 12.2. The van der Waals surface area contributed by atoms with Gasteiger partial charge in [-0.2, -0.15) is 0 Å². The monoisotopic (exact) mass is 587 g/mol. The SMILES string of the molecule is COc1cc(OC)c(Cl)c(NC(=O)N(C)c2cc(Nc3ccc4c(c3)OC[C@@H]3CN(C)CC(=O)N43)ncn2)c1Cl. The second kappa shape index (κ2) is 11.2. The van der Waals surface area contributed by atoms with Crippen LogP contribution in [0.1, 0.15) is 0 Å². The van der Waals surface area contributed by atoms with E-state index in [1.807, 2.05) is 35.0 Å². The molecule has 1 saturated heterocycles. The lowest BCUT2D eigenvalue weighted by Gasteiger charge is -2.43. The number of nitrogens with zero attached hydrogens (tertiary/aromatic N) is 5. The van der Waals surface area contributed by atoms with Crippen molar-refractivity contribution in [3.63, 3.8) is 0 Å². The lowest BCUT2D eigenvalue weighted by Crippen LogP contribution is -2.59. The zero-order valence-electron chi connectivity index (χ0n) is 22.2. The van der Waals surface area contributed by atoms with Gasteiger partial charge in [0.2, 0.25) is 5.91 Å². The predicted molar refractivity (Wildman–Crippen MR) is 153 cm³/mol. The van der Waals surface area contributed by atoms with Crippen LogP contribution in [0.2, 0.25) is 10.0 Å². The molecular weight excluding hydrogens is 561 g/mol. The number of piperazine rings is 1. The summed E-state index contributed by atoms with van der Waals surface area (Å²) in [5.41, 5.74) is 1.57. The highest BCUT2D eigenvalue weighted by Crippen LogP contribution is 2.44. The number of hydrogen-bond acceptors (Lipinski definition) is 9. The summed E-state index contributed by atoms with van der Waals surface area (Å²) in [5, 5.41) is 6.14. The Labute approximate surface area is 240 Å². The van der Waals surface area contributed by atoms with E-state index in [9.17, 15) is 9.59 Å². The van der Waals surface area contributed by atoms with Gasteiger partial charge < -0.3 is 29.7 Å². The fourth-order valence-corrected chi connectivity index (χ4v) is 5.20. The van der Waals surface area contributed by atoms with Gasteiger partial charge in [-0.1, -0.05) is 23.2 Å². The Morgan fingerprint density at radius 3 is 2.55 bits per heavy atom. The van der Waals surface area contributed by atoms with Gasteiger partial charge in [-0.25, -0.2) is 14.8 Å². The molecule has 14 heteroatoms. The van der Waals surface area contributed by atoms with E-state index in [1.165, 1.54) is 38.6 Å². The van der Waals surface area contributed by atoms with Gasteiger partial charge in [0.05, 0.1) is 38.2 Å². The van der Waals surface area contributed by atoms with E-state index in [-0.39, 0.29) is 39.2 Å². The normalized spacial score (nSPS) is 16.4. The Hall–Kier alpha value is -4.00. The molecule has 0 saturated carbocycles. The van der Waals surface area contributed by atoms with Crippen LogP contribution in [0.5, 0.6) is 17.2 Å². The second-order valence-electron chi connectivity index (χ2n) is 9.27. The second-order valence-corrected chi connectivity index (χ2v) is 10.0. The van der Waals surface area contributed by atoms with Crippen molar-refractivity contribution in [2.75, 3.05) is 68.4 Å². The number of amides is 3. The Kier molecular flexibility index (Phi) is 7.74. The van der Waals surface area contributed by atoms with E-state index >= 15 is 0 Å². The zero-order chi connectivity index (χ0) is 28.6. The number of aromatic nitrogens is 2. The van der Waals surface area contributed by atoms with Crippen LogP contribution >= 0.6 is 23.2 Å². The standard InChI is InChI=1S/C26H27Cl2N7O5/c1-33-10-15-12-40-17-7-14(5-6-16(17)35(15)22(36)11-33)31-20-9-21(30-13-29-20)34(2)26(37)32-25-23(27)18(38-3)8-19(39-4)24(25)28/h5-9,13,15H,10-12H2,1-4H3,(H,32,37)(H,29,30,31)/t15-/m0/s1. The van der Waals surface area contributed by atoms with Crippen LogP contribution in [-0.4, -0.2) is 80.9 Å². The minimum atomic E-state index is -0.558. The summed E-state index contributed by atoms with van der Waals surface area (Å²) >= 11 is 12.8. The number of hydrogen-bond donors (Lipinski definition) is 2. The Bertz CT molecular complexity index is 1450. The summed E-state index contributed by atoms with van der Waals surface area (Å²) in [6, 6.07) is 8.06. The third-order valence-corrected chi connectivity index (χ3v) is 7.34. The number of nitrogens with one attached hydrogen (secondary N) is 2. The number of urea groups is 1. The molecule has 1 atom stereocenters. The molecule has 2 aliphatic heterocycles. The maximum Gasteiger partial charge on any atom is 0.327 e. The molecule has 2 N–H and O–H groups in total. The predicted octanol–water partition coefficient (Wildman–Crippen LogP) is 4.25. The highest BCUT2D eigenvalue weighted by atomic mass is 35.5. The smallest absolute Gasteiger partial charge is 0.327 e. The van der Waals surface area contributed by atoms with E-state index in [1.54, 1.807) is 6.07 Å². The molecule has 0 radical (unpaired) electrons. The third kappa shape index (κ3) is 5.25. The number of carbonyl (C=O) groups excluding carboxylic acids is 2. The first kappa shape index (κ1) is 27.6. The number of likely N-dealkylation sites (N-methyl/N-ethyl adjacent to an activating group) is 1. The van der Waals surface area contributed by atoms with Crippen LogP contribution < -0.4 is 34.6 Å². The van der Waals surface area contributed by atoms with Gasteiger partial charge in [-0.15, -0.1) is 0 Å². The van der Waals surface area contributed by atoms with Crippen LogP contribution in [0.15, 0.2) is 36.7 Å². The van der Waals surface area contributed by atoms with Crippen molar-refractivity contribution >= 4 is 63.8 Å². The summed E-state index contributed by atoms with van der Waals surface area (Å²) in [5.74, 6) is 1.96. The maximum absolute atomic E-state index is 13.1. The highest BCUT2D eigenvalue weighted by Gasteiger charge is 2.37. The van der Waals surface area contributed by atoms with Crippen molar-refractivity contribution in [2.45, 2.75) is 6.04 Å². The lowest BCUT2D eigenvalue weighted by atomic mass is 10.1. The van der Waals surface area contributed by atoms with E-state index in [4.69, 9.17) is 37.4 Å². The maximum atomic E-state index is 13.1. The molecule has 5 rings (SSSR count). The van der Waals surface area contributed by atoms with Gasteiger partial charge in [0.15, 0.2) is 0 Å². The average Bonchev–Trinajstić information content (AvgIpc) is 2.94. The molecule has 2 aliphatic rings. The topological polar surface area (TPSA) is 121 Å². The molecule has 0 bridgehead atoms. The van der Waals surface area contributed by atoms with E-state index in [0.29, 0.717) is 36.2 Å². The molecule has 210 valence electrons. The van der Waals surface area contributed by atoms with Gasteiger partial charge >= 0.3 is 6.03 Å². The van der Waals surface area contributed by atoms with Crippen LogP contribution in [0.3, 0.4) is 0 Å². The van der Waals surface area contributed by atoms with Gasteiger partial charge in [0.25, 0.3) is 0 Å². The number of methoxy groups -OCH3 is 2. The van der Waals surface area contributed by atoms with Crippen LogP contribution in [0.25, 0.3) is 0 Å². The van der Waals surface area contributed by atoms with Crippen molar-refractivity contribution < 1.29 is 23.8 Å². The molecule has 1 fully saturated rings. The first-order valence-corrected chi connectivity index (χ1v) is 13.0. The number of anilines is 5. The number of rotatable bonds is 6. The van der Waals surface area contributed by atoms with Crippen molar-refractivity contribution in [1.29, 1.82) is 0 Å².